The molecule has 0 saturated carbocycles. The number of nitrogens with zero attached hydrogens (tertiary/aromatic N) is 3. The van der Waals surface area contributed by atoms with Crippen molar-refractivity contribution < 1.29 is 4.39 Å². The van der Waals surface area contributed by atoms with Crippen molar-refractivity contribution in [3.05, 3.63) is 42.0 Å². The molecule has 1 atom stereocenters. The van der Waals surface area contributed by atoms with Gasteiger partial charge in [-0.15, -0.1) is 5.10 Å². The molecular weight excluding hydrogens is 207 g/mol. The predicted molar refractivity (Wildman–Crippen MR) is 58.8 cm³/mol. The third-order valence-electron chi connectivity index (χ3n) is 2.49. The topological polar surface area (TPSA) is 42.7 Å². The smallest absolute Gasteiger partial charge is 0.148 e. The van der Waals surface area contributed by atoms with Crippen molar-refractivity contribution in [3.63, 3.8) is 0 Å². The first-order chi connectivity index (χ1) is 7.72. The van der Waals surface area contributed by atoms with Crippen LogP contribution in [0.5, 0.6) is 0 Å². The number of hydrogen-bond acceptors (Lipinski definition) is 3. The molecule has 0 saturated heterocycles. The van der Waals surface area contributed by atoms with Gasteiger partial charge in [-0.2, -0.15) is 0 Å². The first-order valence-electron chi connectivity index (χ1n) is 5.07. The standard InChI is InChI=1S/C11H13FN4/c1-8(13-2)10-7-16(15-14-10)11-6-4-3-5-9(11)12/h3-8,13H,1-2H3. The normalized spacial score (nSPS) is 12.7. The van der Waals surface area contributed by atoms with E-state index in [1.165, 1.54) is 10.7 Å². The third-order valence-corrected chi connectivity index (χ3v) is 2.49. The summed E-state index contributed by atoms with van der Waals surface area (Å²) in [7, 11) is 1.84. The Bertz CT molecular complexity index is 480. The minimum Gasteiger partial charge on any atom is -0.312 e. The monoisotopic (exact) mass is 220 g/mol. The van der Waals surface area contributed by atoms with Crippen LogP contribution in [0.3, 0.4) is 0 Å². The quantitative estimate of drug-likeness (QED) is 0.855. The lowest BCUT2D eigenvalue weighted by Gasteiger charge is -2.04. The van der Waals surface area contributed by atoms with Crippen LogP contribution in [0.2, 0.25) is 0 Å². The highest BCUT2D eigenvalue weighted by Crippen LogP contribution is 2.14. The van der Waals surface area contributed by atoms with Crippen LogP contribution in [0.15, 0.2) is 30.5 Å². The number of rotatable bonds is 3. The maximum absolute atomic E-state index is 13.5. The second kappa shape index (κ2) is 4.40. The molecule has 4 nitrogen and oxygen atoms in total. The van der Waals surface area contributed by atoms with Crippen LogP contribution in [0.25, 0.3) is 5.69 Å². The molecule has 0 bridgehead atoms. The van der Waals surface area contributed by atoms with E-state index in [1.807, 2.05) is 14.0 Å². The minimum absolute atomic E-state index is 0.0977. The zero-order chi connectivity index (χ0) is 11.5. The third kappa shape index (κ3) is 1.94. The Hall–Kier alpha value is -1.75. The van der Waals surface area contributed by atoms with Gasteiger partial charge in [-0.25, -0.2) is 9.07 Å². The lowest BCUT2D eigenvalue weighted by Crippen LogP contribution is -2.12. The summed E-state index contributed by atoms with van der Waals surface area (Å²) in [6.07, 6.45) is 1.72. The number of para-hydroxylation sites is 1. The van der Waals surface area contributed by atoms with Crippen LogP contribution in [-0.4, -0.2) is 22.0 Å². The maximum Gasteiger partial charge on any atom is 0.148 e. The maximum atomic E-state index is 13.5. The molecule has 0 fully saturated rings. The Balaban J connectivity index is 2.35. The van der Waals surface area contributed by atoms with Gasteiger partial charge in [0, 0.05) is 6.04 Å². The van der Waals surface area contributed by atoms with Crippen molar-refractivity contribution in [2.45, 2.75) is 13.0 Å². The number of halogens is 1. The Morgan fingerprint density at radius 2 is 2.12 bits per heavy atom. The van der Waals surface area contributed by atoms with E-state index in [1.54, 1.807) is 24.4 Å². The van der Waals surface area contributed by atoms with E-state index in [9.17, 15) is 4.39 Å². The highest BCUT2D eigenvalue weighted by molar-refractivity contribution is 5.32. The van der Waals surface area contributed by atoms with E-state index in [4.69, 9.17) is 0 Å². The molecule has 0 aliphatic carbocycles. The van der Waals surface area contributed by atoms with Crippen LogP contribution in [0, 0.1) is 5.82 Å². The summed E-state index contributed by atoms with van der Waals surface area (Å²) < 4.78 is 14.9. The Kier molecular flexibility index (Phi) is 2.96. The average molecular weight is 220 g/mol. The van der Waals surface area contributed by atoms with E-state index < -0.39 is 0 Å². The summed E-state index contributed by atoms with van der Waals surface area (Å²) in [5, 5.41) is 10.9. The van der Waals surface area contributed by atoms with Crippen molar-refractivity contribution in [1.82, 2.24) is 20.3 Å². The summed E-state index contributed by atoms with van der Waals surface area (Å²) in [5.74, 6) is -0.309. The molecular formula is C11H13FN4. The summed E-state index contributed by atoms with van der Waals surface area (Å²) in [5.41, 5.74) is 1.19. The first-order valence-corrected chi connectivity index (χ1v) is 5.07. The van der Waals surface area contributed by atoms with Crippen LogP contribution in [-0.2, 0) is 0 Å². The fourth-order valence-electron chi connectivity index (χ4n) is 1.38. The van der Waals surface area contributed by atoms with Crippen molar-refractivity contribution in [3.8, 4) is 5.69 Å². The molecule has 0 radical (unpaired) electrons. The van der Waals surface area contributed by atoms with Crippen molar-refractivity contribution in [2.75, 3.05) is 7.05 Å². The van der Waals surface area contributed by atoms with Crippen LogP contribution in [0.4, 0.5) is 4.39 Å². The molecule has 2 aromatic rings. The molecule has 1 aromatic heterocycles. The van der Waals surface area contributed by atoms with Crippen LogP contribution in [0.1, 0.15) is 18.7 Å². The van der Waals surface area contributed by atoms with Gasteiger partial charge < -0.3 is 5.32 Å². The number of hydrogen-bond donors (Lipinski definition) is 1. The van der Waals surface area contributed by atoms with Gasteiger partial charge in [-0.1, -0.05) is 17.3 Å². The van der Waals surface area contributed by atoms with Gasteiger partial charge in [-0.05, 0) is 26.1 Å². The summed E-state index contributed by atoms with van der Waals surface area (Å²) >= 11 is 0. The largest absolute Gasteiger partial charge is 0.312 e. The van der Waals surface area contributed by atoms with Gasteiger partial charge in [0.25, 0.3) is 0 Å². The van der Waals surface area contributed by atoms with Crippen LogP contribution >= 0.6 is 0 Å². The highest BCUT2D eigenvalue weighted by atomic mass is 19.1. The number of aromatic nitrogens is 3. The van der Waals surface area contributed by atoms with Gasteiger partial charge in [0.05, 0.1) is 11.9 Å². The van der Waals surface area contributed by atoms with E-state index in [-0.39, 0.29) is 11.9 Å². The molecule has 1 N–H and O–H groups in total. The molecule has 0 spiro atoms. The van der Waals surface area contributed by atoms with Gasteiger partial charge in [0.1, 0.15) is 11.5 Å². The minimum atomic E-state index is -0.309. The van der Waals surface area contributed by atoms with E-state index in [0.29, 0.717) is 5.69 Å². The molecule has 1 unspecified atom stereocenters. The fraction of sp³-hybridized carbons (Fsp3) is 0.273. The SMILES string of the molecule is CNC(C)c1cn(-c2ccccc2F)nn1. The Morgan fingerprint density at radius 1 is 1.38 bits per heavy atom. The average Bonchev–Trinajstić information content (AvgIpc) is 2.78. The van der Waals surface area contributed by atoms with E-state index in [2.05, 4.69) is 15.6 Å². The summed E-state index contributed by atoms with van der Waals surface area (Å²) in [6.45, 7) is 1.97. The van der Waals surface area contributed by atoms with Crippen LogP contribution < -0.4 is 5.32 Å². The molecule has 1 aromatic carbocycles. The van der Waals surface area contributed by atoms with E-state index in [0.717, 1.165) is 5.69 Å². The van der Waals surface area contributed by atoms with Gasteiger partial charge in [-0.3, -0.25) is 0 Å². The Morgan fingerprint density at radius 3 is 2.81 bits per heavy atom. The lowest BCUT2D eigenvalue weighted by atomic mass is 10.2. The number of benzene rings is 1. The van der Waals surface area contributed by atoms with Gasteiger partial charge >= 0.3 is 0 Å². The zero-order valence-corrected chi connectivity index (χ0v) is 9.18. The van der Waals surface area contributed by atoms with Crippen molar-refractivity contribution in [2.24, 2.45) is 0 Å². The van der Waals surface area contributed by atoms with Crippen molar-refractivity contribution >= 4 is 0 Å². The molecule has 16 heavy (non-hydrogen) atoms. The molecule has 0 aliphatic heterocycles. The van der Waals surface area contributed by atoms with Gasteiger partial charge in [0.2, 0.25) is 0 Å². The van der Waals surface area contributed by atoms with Gasteiger partial charge in [0.15, 0.2) is 0 Å². The first kappa shape index (κ1) is 10.8. The molecule has 5 heteroatoms. The molecule has 84 valence electrons. The Labute approximate surface area is 93.1 Å². The number of nitrogens with one attached hydrogen (secondary N) is 1. The second-order valence-electron chi connectivity index (χ2n) is 3.55. The fourth-order valence-corrected chi connectivity index (χ4v) is 1.38. The second-order valence-corrected chi connectivity index (χ2v) is 3.55. The lowest BCUT2D eigenvalue weighted by molar-refractivity contribution is 0.606. The van der Waals surface area contributed by atoms with Crippen molar-refractivity contribution in [1.29, 1.82) is 0 Å². The summed E-state index contributed by atoms with van der Waals surface area (Å²) in [6, 6.07) is 6.57. The molecule has 1 heterocycles. The summed E-state index contributed by atoms with van der Waals surface area (Å²) in [4.78, 5) is 0. The molecule has 0 amide bonds. The molecule has 0 aliphatic rings. The zero-order valence-electron chi connectivity index (χ0n) is 9.18. The van der Waals surface area contributed by atoms with E-state index >= 15 is 0 Å². The highest BCUT2D eigenvalue weighted by Gasteiger charge is 2.10. The molecule has 2 rings (SSSR count). The predicted octanol–water partition coefficient (Wildman–Crippen LogP) is 1.69.